The number of imide groups is 1. The zero-order chi connectivity index (χ0) is 9.56. The number of carbonyl (C=O) groups excluding carboxylic acids is 2. The molecular formula is C6H10ClNO3S. The first kappa shape index (κ1) is 11.6. The molecule has 0 aliphatic carbocycles. The Kier molecular flexibility index (Phi) is 5.92. The molecule has 0 unspecified atom stereocenters. The summed E-state index contributed by atoms with van der Waals surface area (Å²) in [6, 6.07) is 0. The highest BCUT2D eigenvalue weighted by molar-refractivity contribution is 7.80. The molecule has 0 N–H and O–H groups in total. The number of thiol groups is 1. The van der Waals surface area contributed by atoms with Crippen LogP contribution in [0.3, 0.4) is 0 Å². The molecule has 0 bridgehead atoms. The molecule has 12 heavy (non-hydrogen) atoms. The Morgan fingerprint density at radius 2 is 2.17 bits per heavy atom. The Hall–Kier alpha value is -0.420. The Balaban J connectivity index is 4.09. The van der Waals surface area contributed by atoms with Crippen molar-refractivity contribution in [2.75, 3.05) is 12.5 Å². The van der Waals surface area contributed by atoms with E-state index in [4.69, 9.17) is 11.6 Å². The third-order valence-corrected chi connectivity index (χ3v) is 1.40. The van der Waals surface area contributed by atoms with Crippen LogP contribution in [0.2, 0.25) is 0 Å². The van der Waals surface area contributed by atoms with Crippen molar-refractivity contribution >= 4 is 35.7 Å². The smallest absolute Gasteiger partial charge is 0.418 e. The lowest BCUT2D eigenvalue weighted by molar-refractivity contribution is 0.131. The Morgan fingerprint density at radius 1 is 1.58 bits per heavy atom. The number of hydrogen-bond acceptors (Lipinski definition) is 4. The van der Waals surface area contributed by atoms with Gasteiger partial charge in [-0.2, -0.15) is 0 Å². The molecule has 0 radical (unpaired) electrons. The monoisotopic (exact) mass is 211 g/mol. The lowest BCUT2D eigenvalue weighted by atomic mass is 10.4. The van der Waals surface area contributed by atoms with Gasteiger partial charge in [-0.15, -0.1) is 12.6 Å². The lowest BCUT2D eigenvalue weighted by Gasteiger charge is -2.15. The summed E-state index contributed by atoms with van der Waals surface area (Å²) in [6.07, 6.45) is -0.119. The largest absolute Gasteiger partial charge is 0.438 e. The third kappa shape index (κ3) is 3.82. The molecule has 0 aliphatic rings. The SMILES string of the molecule is CCCN(C(=O)Cl)C(=O)OCS. The van der Waals surface area contributed by atoms with Crippen LogP contribution in [0, 0.1) is 0 Å². The standard InChI is InChI=1S/C6H10ClNO3S/c1-2-3-8(5(7)9)6(10)11-4-12/h12H,2-4H2,1H3. The maximum Gasteiger partial charge on any atom is 0.418 e. The quantitative estimate of drug-likeness (QED) is 0.337. The van der Waals surface area contributed by atoms with E-state index in [0.29, 0.717) is 6.42 Å². The van der Waals surface area contributed by atoms with Crippen LogP contribution in [0.5, 0.6) is 0 Å². The van der Waals surface area contributed by atoms with Crippen molar-refractivity contribution in [2.45, 2.75) is 13.3 Å². The molecule has 6 heteroatoms. The average molecular weight is 212 g/mol. The molecule has 0 saturated carbocycles. The number of rotatable bonds is 3. The molecule has 0 fully saturated rings. The van der Waals surface area contributed by atoms with E-state index in [1.165, 1.54) is 0 Å². The predicted molar refractivity (Wildman–Crippen MR) is 48.6 cm³/mol. The number of nitrogens with zero attached hydrogens (tertiary/aromatic N) is 1. The van der Waals surface area contributed by atoms with E-state index in [1.54, 1.807) is 0 Å². The Bertz CT molecular complexity index is 176. The molecule has 2 amide bonds. The number of halogens is 1. The van der Waals surface area contributed by atoms with Gasteiger partial charge in [0.2, 0.25) is 0 Å². The second-order valence-electron chi connectivity index (χ2n) is 1.94. The van der Waals surface area contributed by atoms with Gasteiger partial charge in [-0.25, -0.2) is 9.69 Å². The molecule has 0 aromatic heterocycles. The summed E-state index contributed by atoms with van der Waals surface area (Å²) >= 11 is 8.78. The van der Waals surface area contributed by atoms with Crippen LogP contribution in [-0.4, -0.2) is 28.8 Å². The van der Waals surface area contributed by atoms with E-state index >= 15 is 0 Å². The van der Waals surface area contributed by atoms with Crippen molar-refractivity contribution in [1.82, 2.24) is 4.90 Å². The van der Waals surface area contributed by atoms with Crippen molar-refractivity contribution in [3.63, 3.8) is 0 Å². The third-order valence-electron chi connectivity index (χ3n) is 1.07. The molecule has 0 atom stereocenters. The van der Waals surface area contributed by atoms with Gasteiger partial charge in [0.05, 0.1) is 0 Å². The molecule has 0 aromatic rings. The molecular weight excluding hydrogens is 202 g/mol. The molecule has 70 valence electrons. The minimum Gasteiger partial charge on any atom is -0.438 e. The van der Waals surface area contributed by atoms with Crippen molar-refractivity contribution < 1.29 is 14.3 Å². The maximum atomic E-state index is 10.9. The Morgan fingerprint density at radius 3 is 2.50 bits per heavy atom. The second-order valence-corrected chi connectivity index (χ2v) is 2.53. The highest BCUT2D eigenvalue weighted by Crippen LogP contribution is 2.01. The van der Waals surface area contributed by atoms with Gasteiger partial charge in [0.15, 0.2) is 0 Å². The van der Waals surface area contributed by atoms with Crippen molar-refractivity contribution in [2.24, 2.45) is 0 Å². The average Bonchev–Trinajstić information content (AvgIpc) is 1.99. The fourth-order valence-electron chi connectivity index (χ4n) is 0.608. The first-order valence-electron chi connectivity index (χ1n) is 3.38. The fraction of sp³-hybridized carbons (Fsp3) is 0.667. The van der Waals surface area contributed by atoms with E-state index in [0.717, 1.165) is 4.90 Å². The van der Waals surface area contributed by atoms with E-state index < -0.39 is 11.5 Å². The zero-order valence-corrected chi connectivity index (χ0v) is 8.27. The van der Waals surface area contributed by atoms with Crippen LogP contribution in [0.25, 0.3) is 0 Å². The van der Waals surface area contributed by atoms with Crippen molar-refractivity contribution in [1.29, 1.82) is 0 Å². The highest BCUT2D eigenvalue weighted by atomic mass is 35.5. The summed E-state index contributed by atoms with van der Waals surface area (Å²) in [5, 5.41) is -0.830. The minimum absolute atomic E-state index is 0.0663. The second kappa shape index (κ2) is 6.14. The van der Waals surface area contributed by atoms with Crippen LogP contribution in [0.1, 0.15) is 13.3 Å². The molecule has 0 aliphatic heterocycles. The zero-order valence-electron chi connectivity index (χ0n) is 6.62. The van der Waals surface area contributed by atoms with Gasteiger partial charge >= 0.3 is 11.5 Å². The number of ether oxygens (including phenoxy) is 1. The summed E-state index contributed by atoms with van der Waals surface area (Å²) in [4.78, 5) is 22.4. The van der Waals surface area contributed by atoms with Gasteiger partial charge in [0.1, 0.15) is 5.94 Å². The molecule has 0 heterocycles. The lowest BCUT2D eigenvalue weighted by Crippen LogP contribution is -2.34. The normalized spacial score (nSPS) is 9.25. The minimum atomic E-state index is -0.830. The topological polar surface area (TPSA) is 46.6 Å². The van der Waals surface area contributed by atoms with Crippen LogP contribution < -0.4 is 0 Å². The maximum absolute atomic E-state index is 10.9. The van der Waals surface area contributed by atoms with Gasteiger partial charge < -0.3 is 4.74 Å². The summed E-state index contributed by atoms with van der Waals surface area (Å²) in [7, 11) is 0. The number of carbonyl (C=O) groups is 2. The van der Waals surface area contributed by atoms with E-state index in [-0.39, 0.29) is 12.5 Å². The van der Waals surface area contributed by atoms with Gasteiger partial charge in [-0.1, -0.05) is 6.92 Å². The van der Waals surface area contributed by atoms with Gasteiger partial charge in [-0.05, 0) is 18.0 Å². The van der Waals surface area contributed by atoms with Crippen LogP contribution in [0.15, 0.2) is 0 Å². The molecule has 4 nitrogen and oxygen atoms in total. The van der Waals surface area contributed by atoms with E-state index in [9.17, 15) is 9.59 Å². The summed E-state index contributed by atoms with van der Waals surface area (Å²) in [6.45, 7) is 2.08. The fourth-order valence-corrected chi connectivity index (χ4v) is 0.872. The Labute approximate surface area is 81.2 Å². The van der Waals surface area contributed by atoms with Crippen molar-refractivity contribution in [3.8, 4) is 0 Å². The molecule has 0 rings (SSSR count). The van der Waals surface area contributed by atoms with Crippen molar-refractivity contribution in [3.05, 3.63) is 0 Å². The van der Waals surface area contributed by atoms with Crippen LogP contribution in [0.4, 0.5) is 9.59 Å². The van der Waals surface area contributed by atoms with Gasteiger partial charge in [-0.3, -0.25) is 4.79 Å². The van der Waals surface area contributed by atoms with Gasteiger partial charge in [0.25, 0.3) is 0 Å². The molecule has 0 spiro atoms. The highest BCUT2D eigenvalue weighted by Gasteiger charge is 2.19. The van der Waals surface area contributed by atoms with E-state index in [1.807, 2.05) is 6.92 Å². The van der Waals surface area contributed by atoms with Gasteiger partial charge in [0, 0.05) is 6.54 Å². The first-order chi connectivity index (χ1) is 5.63. The predicted octanol–water partition coefficient (Wildman–Crippen LogP) is 2.08. The van der Waals surface area contributed by atoms with Crippen LogP contribution in [-0.2, 0) is 4.74 Å². The molecule has 0 saturated heterocycles. The number of amides is 2. The summed E-state index contributed by atoms with van der Waals surface area (Å²) < 4.78 is 4.46. The van der Waals surface area contributed by atoms with E-state index in [2.05, 4.69) is 17.4 Å². The summed E-state index contributed by atoms with van der Waals surface area (Å²) in [5.41, 5.74) is 0. The first-order valence-corrected chi connectivity index (χ1v) is 4.39. The van der Waals surface area contributed by atoms with Crippen LogP contribution >= 0.6 is 24.2 Å². The molecule has 0 aromatic carbocycles. The summed E-state index contributed by atoms with van der Waals surface area (Å²) in [5.74, 6) is -0.0663. The number of hydrogen-bond donors (Lipinski definition) is 1.